The number of amides is 1. The lowest BCUT2D eigenvalue weighted by Crippen LogP contribution is -2.13. The molecular weight excluding hydrogens is 284 g/mol. The van der Waals surface area contributed by atoms with Crippen molar-refractivity contribution in [1.82, 2.24) is 15.2 Å². The summed E-state index contributed by atoms with van der Waals surface area (Å²) in [4.78, 5) is 16.7. The molecule has 1 aromatic heterocycles. The number of aromatic amines is 1. The van der Waals surface area contributed by atoms with E-state index in [0.29, 0.717) is 29.0 Å². The van der Waals surface area contributed by atoms with Gasteiger partial charge in [0.2, 0.25) is 11.9 Å². The number of anilines is 1. The van der Waals surface area contributed by atoms with E-state index in [4.69, 9.17) is 11.6 Å². The molecular formula is C12H13ClN4OS. The maximum atomic E-state index is 11.6. The lowest BCUT2D eigenvalue weighted by atomic mass is 10.4. The van der Waals surface area contributed by atoms with E-state index in [0.717, 1.165) is 4.90 Å². The van der Waals surface area contributed by atoms with Gasteiger partial charge in [-0.1, -0.05) is 11.6 Å². The van der Waals surface area contributed by atoms with Gasteiger partial charge in [-0.25, -0.2) is 0 Å². The number of nitrogens with zero attached hydrogens (tertiary/aromatic N) is 2. The van der Waals surface area contributed by atoms with Gasteiger partial charge in [0.1, 0.15) is 5.82 Å². The molecule has 1 aromatic carbocycles. The van der Waals surface area contributed by atoms with Gasteiger partial charge in [-0.3, -0.25) is 15.2 Å². The first-order valence-corrected chi connectivity index (χ1v) is 7.07. The van der Waals surface area contributed by atoms with Crippen molar-refractivity contribution in [3.05, 3.63) is 35.1 Å². The Bertz CT molecular complexity index is 555. The predicted molar refractivity (Wildman–Crippen MR) is 76.5 cm³/mol. The van der Waals surface area contributed by atoms with Crippen LogP contribution in [0.15, 0.2) is 29.2 Å². The Hall–Kier alpha value is -1.53. The van der Waals surface area contributed by atoms with Crippen LogP contribution in [-0.4, -0.2) is 26.8 Å². The average Bonchev–Trinajstić information content (AvgIpc) is 2.77. The van der Waals surface area contributed by atoms with E-state index < -0.39 is 0 Å². The second-order valence-electron chi connectivity index (χ2n) is 3.84. The van der Waals surface area contributed by atoms with E-state index in [1.54, 1.807) is 18.7 Å². The number of hydrogen-bond donors (Lipinski definition) is 2. The first kappa shape index (κ1) is 13.9. The number of aromatic nitrogens is 3. The third-order valence-electron chi connectivity index (χ3n) is 2.26. The minimum Gasteiger partial charge on any atom is -0.293 e. The van der Waals surface area contributed by atoms with Crippen molar-refractivity contribution < 1.29 is 4.79 Å². The fourth-order valence-electron chi connectivity index (χ4n) is 1.38. The lowest BCUT2D eigenvalue weighted by molar-refractivity contribution is -0.115. The summed E-state index contributed by atoms with van der Waals surface area (Å²) >= 11 is 7.40. The molecule has 7 heteroatoms. The highest BCUT2D eigenvalue weighted by molar-refractivity contribution is 7.99. The van der Waals surface area contributed by atoms with Crippen LogP contribution in [0.25, 0.3) is 0 Å². The topological polar surface area (TPSA) is 70.7 Å². The van der Waals surface area contributed by atoms with Gasteiger partial charge in [0.15, 0.2) is 0 Å². The number of thioether (sulfide) groups is 1. The molecule has 0 fully saturated rings. The molecule has 2 aromatic rings. The standard InChI is InChI=1S/C12H13ClN4OS/c1-8-14-12(17-16-8)15-11(18)6-7-19-10-4-2-9(13)3-5-10/h2-5H,6-7H2,1H3,(H2,14,15,16,17,18). The van der Waals surface area contributed by atoms with Gasteiger partial charge >= 0.3 is 0 Å². The Morgan fingerprint density at radius 3 is 2.79 bits per heavy atom. The molecule has 0 aliphatic heterocycles. The number of nitrogens with one attached hydrogen (secondary N) is 2. The van der Waals surface area contributed by atoms with Gasteiger partial charge in [-0.05, 0) is 31.2 Å². The number of H-pyrrole nitrogens is 1. The number of carbonyl (C=O) groups is 1. The number of halogens is 1. The van der Waals surface area contributed by atoms with Crippen molar-refractivity contribution in [1.29, 1.82) is 0 Å². The molecule has 1 heterocycles. The van der Waals surface area contributed by atoms with Crippen molar-refractivity contribution in [3.8, 4) is 0 Å². The zero-order valence-electron chi connectivity index (χ0n) is 10.3. The Labute approximate surface area is 120 Å². The highest BCUT2D eigenvalue weighted by atomic mass is 35.5. The molecule has 0 bridgehead atoms. The Balaban J connectivity index is 1.73. The zero-order chi connectivity index (χ0) is 13.7. The first-order chi connectivity index (χ1) is 9.13. The SMILES string of the molecule is Cc1nc(NC(=O)CCSc2ccc(Cl)cc2)n[nH]1. The van der Waals surface area contributed by atoms with Crippen LogP contribution in [0.5, 0.6) is 0 Å². The third kappa shape index (κ3) is 4.57. The largest absolute Gasteiger partial charge is 0.293 e. The number of hydrogen-bond acceptors (Lipinski definition) is 4. The molecule has 100 valence electrons. The predicted octanol–water partition coefficient (Wildman–Crippen LogP) is 2.89. The Morgan fingerprint density at radius 1 is 1.42 bits per heavy atom. The summed E-state index contributed by atoms with van der Waals surface area (Å²) < 4.78 is 0. The molecule has 1 amide bonds. The van der Waals surface area contributed by atoms with E-state index in [2.05, 4.69) is 20.5 Å². The molecule has 0 aliphatic rings. The first-order valence-electron chi connectivity index (χ1n) is 5.71. The molecule has 19 heavy (non-hydrogen) atoms. The van der Waals surface area contributed by atoms with Gasteiger partial charge in [-0.15, -0.1) is 16.9 Å². The number of rotatable bonds is 5. The average molecular weight is 297 g/mol. The molecule has 2 N–H and O–H groups in total. The van der Waals surface area contributed by atoms with Crippen LogP contribution in [0.1, 0.15) is 12.2 Å². The van der Waals surface area contributed by atoms with Crippen LogP contribution >= 0.6 is 23.4 Å². The van der Waals surface area contributed by atoms with Gasteiger partial charge < -0.3 is 0 Å². The van der Waals surface area contributed by atoms with Gasteiger partial charge in [0.25, 0.3) is 0 Å². The van der Waals surface area contributed by atoms with Gasteiger partial charge in [0, 0.05) is 22.1 Å². The van der Waals surface area contributed by atoms with E-state index in [-0.39, 0.29) is 5.91 Å². The van der Waals surface area contributed by atoms with Crippen molar-refractivity contribution in [2.75, 3.05) is 11.1 Å². The highest BCUT2D eigenvalue weighted by Gasteiger charge is 2.06. The van der Waals surface area contributed by atoms with E-state index >= 15 is 0 Å². The van der Waals surface area contributed by atoms with Crippen molar-refractivity contribution >= 4 is 35.2 Å². The molecule has 2 rings (SSSR count). The molecule has 0 saturated heterocycles. The quantitative estimate of drug-likeness (QED) is 0.832. The fourth-order valence-corrected chi connectivity index (χ4v) is 2.36. The summed E-state index contributed by atoms with van der Waals surface area (Å²) in [7, 11) is 0. The van der Waals surface area contributed by atoms with E-state index in [1.807, 2.05) is 24.3 Å². The van der Waals surface area contributed by atoms with Crippen molar-refractivity contribution in [2.24, 2.45) is 0 Å². The fraction of sp³-hybridized carbons (Fsp3) is 0.250. The zero-order valence-corrected chi connectivity index (χ0v) is 11.9. The molecule has 0 unspecified atom stereocenters. The Kier molecular flexibility index (Phi) is 4.81. The monoisotopic (exact) mass is 296 g/mol. The van der Waals surface area contributed by atoms with Crippen LogP contribution in [0.3, 0.4) is 0 Å². The molecule has 0 spiro atoms. The second kappa shape index (κ2) is 6.58. The van der Waals surface area contributed by atoms with Crippen LogP contribution < -0.4 is 5.32 Å². The number of benzene rings is 1. The minimum atomic E-state index is -0.0968. The van der Waals surface area contributed by atoms with Crippen LogP contribution in [0, 0.1) is 6.92 Å². The lowest BCUT2D eigenvalue weighted by Gasteiger charge is -2.02. The summed E-state index contributed by atoms with van der Waals surface area (Å²) in [6, 6.07) is 7.54. The molecule has 0 saturated carbocycles. The highest BCUT2D eigenvalue weighted by Crippen LogP contribution is 2.20. The smallest absolute Gasteiger partial charge is 0.248 e. The summed E-state index contributed by atoms with van der Waals surface area (Å²) in [6.07, 6.45) is 0.404. The van der Waals surface area contributed by atoms with Crippen molar-refractivity contribution in [3.63, 3.8) is 0 Å². The second-order valence-corrected chi connectivity index (χ2v) is 5.45. The molecule has 0 radical (unpaired) electrons. The molecule has 0 aliphatic carbocycles. The summed E-state index contributed by atoms with van der Waals surface area (Å²) in [5.41, 5.74) is 0. The number of aryl methyl sites for hydroxylation is 1. The molecule has 5 nitrogen and oxygen atoms in total. The summed E-state index contributed by atoms with van der Waals surface area (Å²) in [5, 5.41) is 9.85. The van der Waals surface area contributed by atoms with Crippen LogP contribution in [0.4, 0.5) is 5.95 Å². The summed E-state index contributed by atoms with van der Waals surface area (Å²) in [6.45, 7) is 1.78. The van der Waals surface area contributed by atoms with Gasteiger partial charge in [0.05, 0.1) is 0 Å². The van der Waals surface area contributed by atoms with E-state index in [1.165, 1.54) is 0 Å². The van der Waals surface area contributed by atoms with Crippen LogP contribution in [0.2, 0.25) is 5.02 Å². The van der Waals surface area contributed by atoms with Crippen LogP contribution in [-0.2, 0) is 4.79 Å². The van der Waals surface area contributed by atoms with Crippen molar-refractivity contribution in [2.45, 2.75) is 18.2 Å². The molecule has 0 atom stereocenters. The Morgan fingerprint density at radius 2 is 2.16 bits per heavy atom. The number of carbonyl (C=O) groups excluding carboxylic acids is 1. The maximum absolute atomic E-state index is 11.6. The van der Waals surface area contributed by atoms with Gasteiger partial charge in [-0.2, -0.15) is 4.98 Å². The van der Waals surface area contributed by atoms with E-state index in [9.17, 15) is 4.79 Å². The summed E-state index contributed by atoms with van der Waals surface area (Å²) in [5.74, 6) is 1.59. The maximum Gasteiger partial charge on any atom is 0.248 e. The normalized spacial score (nSPS) is 10.4. The minimum absolute atomic E-state index is 0.0968. The third-order valence-corrected chi connectivity index (χ3v) is 3.53.